The van der Waals surface area contributed by atoms with Crippen LogP contribution in [0.5, 0.6) is 11.5 Å². The largest absolute Gasteiger partial charge is 0.497 e. The van der Waals surface area contributed by atoms with Gasteiger partial charge in [0.05, 0.1) is 45.5 Å². The molecule has 1 aliphatic rings. The van der Waals surface area contributed by atoms with Gasteiger partial charge in [-0.25, -0.2) is 14.3 Å². The Morgan fingerprint density at radius 3 is 1.94 bits per heavy atom. The molecule has 1 aliphatic heterocycles. The fourth-order valence-corrected chi connectivity index (χ4v) is 9.31. The average Bonchev–Trinajstić information content (AvgIpc) is 3.28. The zero-order chi connectivity index (χ0) is 44.4. The molecule has 0 bridgehead atoms. The predicted molar refractivity (Wildman–Crippen MR) is 234 cm³/mol. The van der Waals surface area contributed by atoms with Gasteiger partial charge in [0.1, 0.15) is 29.3 Å². The maximum Gasteiger partial charge on any atom is 0.338 e. The van der Waals surface area contributed by atoms with Crippen LogP contribution >= 0.6 is 8.53 Å². The number of ether oxygens (including phenoxy) is 5. The first-order valence-electron chi connectivity index (χ1n) is 20.4. The molecule has 5 atom stereocenters. The third-order valence-corrected chi connectivity index (χ3v) is 12.6. The minimum absolute atomic E-state index is 0.0506. The van der Waals surface area contributed by atoms with E-state index in [4.69, 9.17) is 32.7 Å². The molecule has 0 saturated carbocycles. The quantitative estimate of drug-likeness (QED) is 0.0397. The van der Waals surface area contributed by atoms with Gasteiger partial charge in [-0.15, -0.1) is 0 Å². The van der Waals surface area contributed by atoms with Crippen LogP contribution in [0.1, 0.15) is 73.0 Å². The number of H-pyrrole nitrogens is 1. The second-order valence-corrected chi connectivity index (χ2v) is 16.6. The van der Waals surface area contributed by atoms with Crippen LogP contribution in [0.2, 0.25) is 0 Å². The summed E-state index contributed by atoms with van der Waals surface area (Å²) in [6, 6.07) is 35.1. The lowest BCUT2D eigenvalue weighted by Crippen LogP contribution is -2.58. The molecule has 14 nitrogen and oxygen atoms in total. The monoisotopic (exact) mass is 864 g/mol. The van der Waals surface area contributed by atoms with E-state index in [0.717, 1.165) is 16.7 Å². The fourth-order valence-electron chi connectivity index (χ4n) is 7.54. The molecule has 5 aromatic rings. The number of benzene rings is 4. The van der Waals surface area contributed by atoms with E-state index >= 15 is 0 Å². The van der Waals surface area contributed by atoms with E-state index in [2.05, 4.69) is 15.7 Å². The van der Waals surface area contributed by atoms with Gasteiger partial charge in [-0.2, -0.15) is 5.26 Å². The van der Waals surface area contributed by atoms with Gasteiger partial charge in [-0.05, 0) is 87.7 Å². The number of carbonyl (C=O) groups is 1. The van der Waals surface area contributed by atoms with Crippen LogP contribution in [0.4, 0.5) is 0 Å². The topological polar surface area (TPSA) is 164 Å². The number of methoxy groups -OCH3 is 2. The smallest absolute Gasteiger partial charge is 0.338 e. The Labute approximate surface area is 362 Å². The minimum atomic E-state index is -2.02. The molecule has 15 heteroatoms. The van der Waals surface area contributed by atoms with Crippen molar-refractivity contribution in [2.75, 3.05) is 27.4 Å². The minimum Gasteiger partial charge on any atom is -0.497 e. The summed E-state index contributed by atoms with van der Waals surface area (Å²) in [5, 5.41) is 9.55. The molecule has 62 heavy (non-hydrogen) atoms. The van der Waals surface area contributed by atoms with E-state index < -0.39 is 55.9 Å². The van der Waals surface area contributed by atoms with Crippen molar-refractivity contribution in [2.45, 2.75) is 83.3 Å². The lowest BCUT2D eigenvalue weighted by atomic mass is 9.79. The summed E-state index contributed by atoms with van der Waals surface area (Å²) in [5.41, 5.74) is -0.0721. The van der Waals surface area contributed by atoms with Gasteiger partial charge in [0, 0.05) is 23.8 Å². The number of nitrogens with one attached hydrogen (secondary N) is 1. The summed E-state index contributed by atoms with van der Waals surface area (Å²) in [5.74, 6) is 0.548. The van der Waals surface area contributed by atoms with Crippen molar-refractivity contribution in [1.82, 2.24) is 14.2 Å². The van der Waals surface area contributed by atoms with Crippen LogP contribution in [-0.4, -0.2) is 78.0 Å². The first-order chi connectivity index (χ1) is 29.9. The maximum atomic E-state index is 14.2. The Balaban J connectivity index is 1.61. The lowest BCUT2D eigenvalue weighted by molar-refractivity contribution is -0.235. The molecule has 1 N–H and O–H groups in total. The van der Waals surface area contributed by atoms with Crippen molar-refractivity contribution < 1.29 is 37.5 Å². The Kier molecular flexibility index (Phi) is 15.5. The summed E-state index contributed by atoms with van der Waals surface area (Å²) in [6.45, 7) is 9.46. The SMILES string of the molecule is COc1ccc(C(O[C@@H]2CO[C@@H](n3cc(C)c(=O)[nH]c3=O)[C@H](OC(=O)c3ccccc3)[C@@H]2OP(OCCC#N)N(C(C)C)C(C)C)(c2ccccc2)c2ccc(OC)cc2)cc1. The summed E-state index contributed by atoms with van der Waals surface area (Å²) < 4.78 is 48.8. The molecule has 6 rings (SSSR count). The number of rotatable bonds is 18. The Bertz CT molecular complexity index is 2330. The molecule has 1 saturated heterocycles. The molecule has 4 aromatic carbocycles. The molecule has 1 unspecified atom stereocenters. The zero-order valence-corrected chi connectivity index (χ0v) is 36.8. The van der Waals surface area contributed by atoms with Crippen molar-refractivity contribution >= 4 is 14.5 Å². The number of aromatic nitrogens is 2. The normalized spacial score (nSPS) is 18.3. The van der Waals surface area contributed by atoms with Gasteiger partial charge < -0.3 is 32.7 Å². The summed E-state index contributed by atoms with van der Waals surface area (Å²) in [7, 11) is 1.17. The molecule has 0 spiro atoms. The van der Waals surface area contributed by atoms with E-state index in [0.29, 0.717) is 11.5 Å². The highest BCUT2D eigenvalue weighted by Gasteiger charge is 2.52. The number of hydrogen-bond donors (Lipinski definition) is 1. The Morgan fingerprint density at radius 2 is 1.40 bits per heavy atom. The molecule has 0 radical (unpaired) electrons. The van der Waals surface area contributed by atoms with E-state index in [-0.39, 0.29) is 42.8 Å². The summed E-state index contributed by atoms with van der Waals surface area (Å²) >= 11 is 0. The number of hydrogen-bond acceptors (Lipinski definition) is 12. The van der Waals surface area contributed by atoms with Crippen LogP contribution in [-0.2, 0) is 28.9 Å². The summed E-state index contributed by atoms with van der Waals surface area (Å²) in [4.78, 5) is 43.0. The molecular formula is C47H53N4O10P. The van der Waals surface area contributed by atoms with Gasteiger partial charge >= 0.3 is 11.7 Å². The van der Waals surface area contributed by atoms with E-state index in [9.17, 15) is 19.6 Å². The first-order valence-corrected chi connectivity index (χ1v) is 21.5. The van der Waals surface area contributed by atoms with Gasteiger partial charge in [0.2, 0.25) is 0 Å². The molecule has 326 valence electrons. The Hall–Kier alpha value is -5.65. The lowest BCUT2D eigenvalue weighted by Gasteiger charge is -2.48. The number of carbonyl (C=O) groups excluding carboxylic acids is 1. The van der Waals surface area contributed by atoms with Crippen molar-refractivity contribution in [3.05, 3.63) is 164 Å². The molecule has 0 aliphatic carbocycles. The number of aryl methyl sites for hydroxylation is 1. The Morgan fingerprint density at radius 1 is 0.855 bits per heavy atom. The third-order valence-electron chi connectivity index (χ3n) is 10.5. The number of nitriles is 1. The van der Waals surface area contributed by atoms with E-state index in [1.807, 2.05) is 107 Å². The third kappa shape index (κ3) is 10.2. The highest BCUT2D eigenvalue weighted by molar-refractivity contribution is 7.44. The van der Waals surface area contributed by atoms with E-state index in [1.165, 1.54) is 10.8 Å². The second-order valence-electron chi connectivity index (χ2n) is 15.2. The second kappa shape index (κ2) is 20.9. The average molecular weight is 865 g/mol. The highest BCUT2D eigenvalue weighted by atomic mass is 31.2. The molecule has 2 heterocycles. The summed E-state index contributed by atoms with van der Waals surface area (Å²) in [6.07, 6.45) is -3.52. The van der Waals surface area contributed by atoms with Crippen LogP contribution in [0, 0.1) is 18.3 Å². The van der Waals surface area contributed by atoms with Crippen LogP contribution in [0.15, 0.2) is 125 Å². The molecular weight excluding hydrogens is 812 g/mol. The molecule has 0 amide bonds. The zero-order valence-electron chi connectivity index (χ0n) is 35.9. The van der Waals surface area contributed by atoms with Crippen LogP contribution in [0.3, 0.4) is 0 Å². The highest BCUT2D eigenvalue weighted by Crippen LogP contribution is 2.51. The van der Waals surface area contributed by atoms with Gasteiger partial charge in [-0.3, -0.25) is 14.3 Å². The fraction of sp³-hybridized carbons (Fsp3) is 0.362. The number of esters is 1. The van der Waals surface area contributed by atoms with Crippen LogP contribution < -0.4 is 20.7 Å². The van der Waals surface area contributed by atoms with E-state index in [1.54, 1.807) is 51.5 Å². The van der Waals surface area contributed by atoms with Crippen LogP contribution in [0.25, 0.3) is 0 Å². The molecule has 1 fully saturated rings. The van der Waals surface area contributed by atoms with Crippen molar-refractivity contribution in [1.29, 1.82) is 5.26 Å². The van der Waals surface area contributed by atoms with Crippen molar-refractivity contribution in [3.8, 4) is 17.6 Å². The van der Waals surface area contributed by atoms with Gasteiger partial charge in [-0.1, -0.05) is 72.8 Å². The maximum absolute atomic E-state index is 14.2. The number of aromatic amines is 1. The van der Waals surface area contributed by atoms with Crippen molar-refractivity contribution in [3.63, 3.8) is 0 Å². The predicted octanol–water partition coefficient (Wildman–Crippen LogP) is 7.66. The standard InChI is InChI=1S/C47H53N4O10P/c1-31(2)51(32(3)4)62(58-28-14-27-48)61-41-40(30-57-44(50-29-33(5)43(52)49-46(50)54)42(41)59-45(53)34-15-10-8-11-16-34)60-47(35-17-12-9-13-18-35,36-19-23-38(55-6)24-20-36)37-21-25-39(56-7)26-22-37/h8-13,15-26,29,31-32,40-42,44H,14,28,30H2,1-7H3,(H,49,52,54)/t40-,41-,42-,44-,62?/m1/s1. The first kappa shape index (κ1) is 45.9. The molecule has 1 aromatic heterocycles. The van der Waals surface area contributed by atoms with Gasteiger partial charge in [0.15, 0.2) is 12.3 Å². The van der Waals surface area contributed by atoms with Crippen molar-refractivity contribution in [2.24, 2.45) is 0 Å². The number of nitrogens with zero attached hydrogens (tertiary/aromatic N) is 3. The van der Waals surface area contributed by atoms with Gasteiger partial charge in [0.25, 0.3) is 14.1 Å².